The van der Waals surface area contributed by atoms with Crippen LogP contribution in [0.2, 0.25) is 0 Å². The number of hydrogen-bond donors (Lipinski definition) is 0. The predicted molar refractivity (Wildman–Crippen MR) is 129 cm³/mol. The number of rotatable bonds is 4. The van der Waals surface area contributed by atoms with Crippen LogP contribution in [0.5, 0.6) is 17.2 Å². The fraction of sp³-hybridized carbons (Fsp3) is 0.250. The molecule has 0 N–H and O–H groups in total. The summed E-state index contributed by atoms with van der Waals surface area (Å²) in [5.41, 5.74) is 3.52. The number of piperidine rings is 1. The number of carbonyl (C=O) groups is 1. The van der Waals surface area contributed by atoms with E-state index in [-0.39, 0.29) is 11.5 Å². The van der Waals surface area contributed by atoms with Crippen molar-refractivity contribution >= 4 is 12.0 Å². The lowest BCUT2D eigenvalue weighted by molar-refractivity contribution is 0.0326. The summed E-state index contributed by atoms with van der Waals surface area (Å²) in [7, 11) is 3.14. The highest BCUT2D eigenvalue weighted by Crippen LogP contribution is 2.39. The maximum atomic E-state index is 13.3. The van der Waals surface area contributed by atoms with E-state index in [1.807, 2.05) is 29.2 Å². The fourth-order valence-electron chi connectivity index (χ4n) is 4.65. The average molecular weight is 442 g/mol. The van der Waals surface area contributed by atoms with Crippen molar-refractivity contribution in [3.63, 3.8) is 0 Å². The monoisotopic (exact) mass is 441 g/mol. The van der Waals surface area contributed by atoms with Crippen molar-refractivity contribution in [1.29, 1.82) is 0 Å². The van der Waals surface area contributed by atoms with Gasteiger partial charge in [0.1, 0.15) is 28.4 Å². The van der Waals surface area contributed by atoms with E-state index in [9.17, 15) is 4.79 Å². The number of nitrogens with zero attached hydrogens (tertiary/aromatic N) is 1. The molecule has 3 aromatic carbocycles. The Morgan fingerprint density at radius 1 is 0.879 bits per heavy atom. The Morgan fingerprint density at radius 3 is 2.24 bits per heavy atom. The molecule has 168 valence electrons. The van der Waals surface area contributed by atoms with E-state index in [2.05, 4.69) is 42.5 Å². The molecule has 0 radical (unpaired) electrons. The van der Waals surface area contributed by atoms with Crippen molar-refractivity contribution in [2.45, 2.75) is 18.4 Å². The molecule has 0 aliphatic carbocycles. The van der Waals surface area contributed by atoms with Crippen LogP contribution in [0.25, 0.3) is 17.2 Å². The molecule has 0 unspecified atom stereocenters. The standard InChI is InChI=1S/C28H27NO4/c1-31-24-9-6-10-25(32-2)26(24)27(30)29-17-15-28(16-18-29)14-13-22-19-21(11-12-23(22)33-28)20-7-4-3-5-8-20/h3-14,19H,15-18H2,1-2H3. The number of methoxy groups -OCH3 is 2. The molecule has 1 spiro atoms. The summed E-state index contributed by atoms with van der Waals surface area (Å²) >= 11 is 0. The van der Waals surface area contributed by atoms with Crippen molar-refractivity contribution in [3.8, 4) is 28.4 Å². The zero-order valence-electron chi connectivity index (χ0n) is 18.9. The first kappa shape index (κ1) is 21.1. The van der Waals surface area contributed by atoms with E-state index in [0.717, 1.165) is 24.2 Å². The highest BCUT2D eigenvalue weighted by atomic mass is 16.5. The SMILES string of the molecule is COc1cccc(OC)c1C(=O)N1CCC2(C=Cc3cc(-c4ccccc4)ccc3O2)CC1. The highest BCUT2D eigenvalue weighted by molar-refractivity contribution is 5.99. The molecule has 1 amide bonds. The van der Waals surface area contributed by atoms with Gasteiger partial charge in [0.2, 0.25) is 0 Å². The van der Waals surface area contributed by atoms with E-state index in [4.69, 9.17) is 14.2 Å². The third-order valence-corrected chi connectivity index (χ3v) is 6.54. The van der Waals surface area contributed by atoms with Crippen molar-refractivity contribution in [2.75, 3.05) is 27.3 Å². The Hall–Kier alpha value is -3.73. The van der Waals surface area contributed by atoms with E-state index in [1.54, 1.807) is 26.4 Å². The van der Waals surface area contributed by atoms with E-state index in [0.29, 0.717) is 30.2 Å². The van der Waals surface area contributed by atoms with Gasteiger partial charge in [-0.25, -0.2) is 0 Å². The summed E-state index contributed by atoms with van der Waals surface area (Å²) in [6, 6.07) is 22.1. The van der Waals surface area contributed by atoms with Crippen molar-refractivity contribution in [3.05, 3.63) is 83.9 Å². The van der Waals surface area contributed by atoms with Crippen LogP contribution in [0, 0.1) is 0 Å². The molecular formula is C28H27NO4. The van der Waals surface area contributed by atoms with Crippen LogP contribution in [0.4, 0.5) is 0 Å². The molecular weight excluding hydrogens is 414 g/mol. The minimum Gasteiger partial charge on any atom is -0.496 e. The van der Waals surface area contributed by atoms with Gasteiger partial charge >= 0.3 is 0 Å². The van der Waals surface area contributed by atoms with Gasteiger partial charge in [-0.3, -0.25) is 4.79 Å². The Bertz CT molecular complexity index is 1170. The van der Waals surface area contributed by atoms with Gasteiger partial charge in [-0.2, -0.15) is 0 Å². The van der Waals surface area contributed by atoms with Crippen LogP contribution in [-0.2, 0) is 0 Å². The maximum Gasteiger partial charge on any atom is 0.261 e. The Kier molecular flexibility index (Phi) is 5.55. The number of carbonyl (C=O) groups excluding carboxylic acids is 1. The number of likely N-dealkylation sites (tertiary alicyclic amines) is 1. The molecule has 3 aromatic rings. The molecule has 2 heterocycles. The van der Waals surface area contributed by atoms with E-state index in [1.165, 1.54) is 11.1 Å². The lowest BCUT2D eigenvalue weighted by atomic mass is 9.87. The molecule has 1 fully saturated rings. The largest absolute Gasteiger partial charge is 0.496 e. The molecule has 0 bridgehead atoms. The molecule has 33 heavy (non-hydrogen) atoms. The summed E-state index contributed by atoms with van der Waals surface area (Å²) in [6.07, 6.45) is 5.78. The van der Waals surface area contributed by atoms with Gasteiger partial charge in [0.15, 0.2) is 0 Å². The summed E-state index contributed by atoms with van der Waals surface area (Å²) in [4.78, 5) is 15.2. The molecule has 2 aliphatic rings. The van der Waals surface area contributed by atoms with Crippen LogP contribution >= 0.6 is 0 Å². The maximum absolute atomic E-state index is 13.3. The van der Waals surface area contributed by atoms with Crippen LogP contribution in [0.1, 0.15) is 28.8 Å². The number of ether oxygens (including phenoxy) is 3. The predicted octanol–water partition coefficient (Wildman–Crippen LogP) is 5.45. The van der Waals surface area contributed by atoms with E-state index >= 15 is 0 Å². The molecule has 5 nitrogen and oxygen atoms in total. The van der Waals surface area contributed by atoms with Crippen molar-refractivity contribution < 1.29 is 19.0 Å². The summed E-state index contributed by atoms with van der Waals surface area (Å²) < 4.78 is 17.4. The second-order valence-corrected chi connectivity index (χ2v) is 8.45. The summed E-state index contributed by atoms with van der Waals surface area (Å²) in [5, 5.41) is 0. The molecule has 0 atom stereocenters. The number of benzene rings is 3. The van der Waals surface area contributed by atoms with Crippen molar-refractivity contribution in [1.82, 2.24) is 4.90 Å². The fourth-order valence-corrected chi connectivity index (χ4v) is 4.65. The van der Waals surface area contributed by atoms with Gasteiger partial charge in [0, 0.05) is 31.5 Å². The third kappa shape index (κ3) is 3.95. The first-order valence-electron chi connectivity index (χ1n) is 11.2. The average Bonchev–Trinajstić information content (AvgIpc) is 2.88. The van der Waals surface area contributed by atoms with E-state index < -0.39 is 0 Å². The number of amides is 1. The third-order valence-electron chi connectivity index (χ3n) is 6.54. The number of hydrogen-bond acceptors (Lipinski definition) is 4. The Labute approximate surface area is 194 Å². The minimum absolute atomic E-state index is 0.0770. The molecule has 0 aromatic heterocycles. The molecule has 5 rings (SSSR count). The number of fused-ring (bicyclic) bond motifs is 1. The lowest BCUT2D eigenvalue weighted by Gasteiger charge is -2.42. The minimum atomic E-state index is -0.386. The normalized spacial score (nSPS) is 16.1. The zero-order chi connectivity index (χ0) is 22.8. The van der Waals surface area contributed by atoms with Gasteiger partial charge < -0.3 is 19.1 Å². The Morgan fingerprint density at radius 2 is 1.58 bits per heavy atom. The molecule has 1 saturated heterocycles. The van der Waals surface area contributed by atoms with Crippen LogP contribution in [0.15, 0.2) is 72.8 Å². The molecule has 2 aliphatic heterocycles. The quantitative estimate of drug-likeness (QED) is 0.540. The highest BCUT2D eigenvalue weighted by Gasteiger charge is 2.39. The van der Waals surface area contributed by atoms with Gasteiger partial charge in [0.25, 0.3) is 5.91 Å². The van der Waals surface area contributed by atoms with Gasteiger partial charge in [-0.05, 0) is 41.5 Å². The molecule has 5 heteroatoms. The first-order chi connectivity index (χ1) is 16.1. The van der Waals surface area contributed by atoms with Crippen LogP contribution in [0.3, 0.4) is 0 Å². The molecule has 0 saturated carbocycles. The van der Waals surface area contributed by atoms with Crippen LogP contribution in [-0.4, -0.2) is 43.7 Å². The van der Waals surface area contributed by atoms with Gasteiger partial charge in [-0.1, -0.05) is 48.5 Å². The topological polar surface area (TPSA) is 48.0 Å². The van der Waals surface area contributed by atoms with Crippen molar-refractivity contribution in [2.24, 2.45) is 0 Å². The first-order valence-corrected chi connectivity index (χ1v) is 11.2. The summed E-state index contributed by atoms with van der Waals surface area (Å²) in [6.45, 7) is 1.20. The second kappa shape index (κ2) is 8.66. The lowest BCUT2D eigenvalue weighted by Crippen LogP contribution is -2.49. The zero-order valence-corrected chi connectivity index (χ0v) is 18.9. The van der Waals surface area contributed by atoms with Gasteiger partial charge in [-0.15, -0.1) is 0 Å². The second-order valence-electron chi connectivity index (χ2n) is 8.45. The Balaban J connectivity index is 1.32. The van der Waals surface area contributed by atoms with Gasteiger partial charge in [0.05, 0.1) is 14.2 Å². The van der Waals surface area contributed by atoms with Crippen LogP contribution < -0.4 is 14.2 Å². The summed E-state index contributed by atoms with van der Waals surface area (Å²) in [5.74, 6) is 1.86. The smallest absolute Gasteiger partial charge is 0.261 e.